The lowest BCUT2D eigenvalue weighted by Crippen LogP contribution is -2.54. The van der Waals surface area contributed by atoms with Crippen LogP contribution in [0.1, 0.15) is 137 Å². The Hall–Kier alpha value is -4.36. The second kappa shape index (κ2) is 15.5. The molecule has 1 aliphatic carbocycles. The Kier molecular flexibility index (Phi) is 11.3. The summed E-state index contributed by atoms with van der Waals surface area (Å²) < 4.78 is 34.1. The van der Waals surface area contributed by atoms with Crippen molar-refractivity contribution >= 4 is 41.1 Å². The van der Waals surface area contributed by atoms with Crippen LogP contribution in [-0.4, -0.2) is 62.6 Å². The minimum Gasteiger partial charge on any atom is -0.444 e. The van der Waals surface area contributed by atoms with E-state index < -0.39 is 53.5 Å². The van der Waals surface area contributed by atoms with Crippen LogP contribution in [0.4, 0.5) is 25.0 Å². The predicted molar refractivity (Wildman–Crippen MR) is 177 cm³/mol. The Morgan fingerprint density at radius 2 is 1.69 bits per heavy atom. The maximum absolute atomic E-state index is 13.7. The molecule has 2 fully saturated rings. The maximum Gasteiger partial charge on any atom is 0.412 e. The normalized spacial score (nSPS) is 21.2. The summed E-state index contributed by atoms with van der Waals surface area (Å²) >= 11 is 0. The largest absolute Gasteiger partial charge is 0.444 e. The van der Waals surface area contributed by atoms with E-state index in [0.29, 0.717) is 18.2 Å². The average Bonchev–Trinajstić information content (AvgIpc) is 3.56. The van der Waals surface area contributed by atoms with Crippen LogP contribution >= 0.6 is 0 Å². The molecule has 1 aromatic carbocycles. The van der Waals surface area contributed by atoms with E-state index in [1.165, 1.54) is 6.20 Å². The Morgan fingerprint density at radius 3 is 2.39 bits per heavy atom. The Bertz CT molecular complexity index is 1560. The summed E-state index contributed by atoms with van der Waals surface area (Å²) in [5, 5.41) is 12.1. The minimum absolute atomic E-state index is 0.00944. The number of nitrogens with zero attached hydrogens (tertiary/aromatic N) is 3. The van der Waals surface area contributed by atoms with Crippen LogP contribution in [0.3, 0.4) is 0 Å². The fourth-order valence-corrected chi connectivity index (χ4v) is 6.94. The maximum atomic E-state index is 13.7. The summed E-state index contributed by atoms with van der Waals surface area (Å²) in [6.45, 7) is 5.75. The molecular weight excluding hydrogens is 638 g/mol. The van der Waals surface area contributed by atoms with E-state index in [2.05, 4.69) is 21.0 Å². The Balaban J connectivity index is 0.992. The molecule has 1 atom stereocenters. The zero-order chi connectivity index (χ0) is 35.3. The number of carbonyl (C=O) groups excluding carboxylic acids is 5. The number of amides is 5. The lowest BCUT2D eigenvalue weighted by Gasteiger charge is -2.28. The van der Waals surface area contributed by atoms with E-state index in [0.717, 1.165) is 69.1 Å². The van der Waals surface area contributed by atoms with Crippen molar-refractivity contribution in [3.63, 3.8) is 0 Å². The van der Waals surface area contributed by atoms with Crippen LogP contribution in [0.25, 0.3) is 0 Å². The second-order valence-corrected chi connectivity index (χ2v) is 14.2. The van der Waals surface area contributed by atoms with Gasteiger partial charge in [0, 0.05) is 24.8 Å². The molecule has 12 nitrogen and oxygen atoms in total. The highest BCUT2D eigenvalue weighted by Gasteiger charge is 2.45. The second-order valence-electron chi connectivity index (χ2n) is 14.2. The standard InChI is InChI=1S/C35H46F2N6O6/c1-35(2,3)49-34(48)39-25-20-42(41-29(25)30(36)37)22-15-13-21(14-16-22)10-7-5-4-6-8-19-38-24-12-9-11-23-28(24)33(47)43(32(23)46)26-17-18-27(44)40-31(26)45/h9,11-12,20-22,26,30,38H,4-8,10,13-19H2,1-3H3,(H,39,48)(H,40,44,45). The number of piperidine rings is 1. The van der Waals surface area contributed by atoms with Gasteiger partial charge in [0.15, 0.2) is 5.69 Å². The Morgan fingerprint density at radius 1 is 0.980 bits per heavy atom. The van der Waals surface area contributed by atoms with Crippen LogP contribution in [0.5, 0.6) is 0 Å². The number of hydrogen-bond acceptors (Lipinski definition) is 8. The van der Waals surface area contributed by atoms with Crippen molar-refractivity contribution in [3.8, 4) is 0 Å². The van der Waals surface area contributed by atoms with E-state index >= 15 is 0 Å². The number of benzene rings is 1. The van der Waals surface area contributed by atoms with Crippen molar-refractivity contribution in [2.24, 2.45) is 5.92 Å². The van der Waals surface area contributed by atoms with Crippen LogP contribution in [0, 0.1) is 5.92 Å². The highest BCUT2D eigenvalue weighted by Crippen LogP contribution is 2.37. The molecule has 2 aromatic rings. The van der Waals surface area contributed by atoms with Crippen molar-refractivity contribution in [3.05, 3.63) is 41.2 Å². The van der Waals surface area contributed by atoms with Gasteiger partial charge in [0.05, 0.1) is 22.9 Å². The van der Waals surface area contributed by atoms with Crippen LogP contribution < -0.4 is 16.0 Å². The van der Waals surface area contributed by atoms with E-state index in [9.17, 15) is 32.8 Å². The number of unbranched alkanes of at least 4 members (excludes halogenated alkanes) is 4. The van der Waals surface area contributed by atoms with Gasteiger partial charge in [-0.2, -0.15) is 5.10 Å². The fourth-order valence-electron chi connectivity index (χ4n) is 6.94. The molecule has 14 heteroatoms. The van der Waals surface area contributed by atoms with Crippen LogP contribution in [0.2, 0.25) is 0 Å². The summed E-state index contributed by atoms with van der Waals surface area (Å²) in [4.78, 5) is 63.3. The first kappa shape index (κ1) is 35.9. The summed E-state index contributed by atoms with van der Waals surface area (Å²) in [7, 11) is 0. The molecule has 5 rings (SSSR count). The highest BCUT2D eigenvalue weighted by atomic mass is 19.3. The number of ether oxygens (including phenoxy) is 1. The number of nitrogens with one attached hydrogen (secondary N) is 3. The van der Waals surface area contributed by atoms with E-state index in [1.54, 1.807) is 43.7 Å². The zero-order valence-corrected chi connectivity index (χ0v) is 28.4. The third kappa shape index (κ3) is 8.82. The van der Waals surface area contributed by atoms with Crippen LogP contribution in [0.15, 0.2) is 24.4 Å². The molecule has 1 saturated heterocycles. The van der Waals surface area contributed by atoms with Crippen molar-refractivity contribution < 1.29 is 37.5 Å². The third-order valence-electron chi connectivity index (χ3n) is 9.37. The molecule has 266 valence electrons. The molecule has 1 saturated carbocycles. The molecule has 2 aliphatic heterocycles. The van der Waals surface area contributed by atoms with Gasteiger partial charge in [0.25, 0.3) is 18.2 Å². The molecule has 3 heterocycles. The van der Waals surface area contributed by atoms with Gasteiger partial charge in [0.2, 0.25) is 11.8 Å². The van der Waals surface area contributed by atoms with Crippen molar-refractivity contribution in [2.45, 2.75) is 122 Å². The fraction of sp³-hybridized carbons (Fsp3) is 0.600. The van der Waals surface area contributed by atoms with Gasteiger partial charge >= 0.3 is 6.09 Å². The first-order valence-corrected chi connectivity index (χ1v) is 17.3. The van der Waals surface area contributed by atoms with Gasteiger partial charge in [-0.25, -0.2) is 13.6 Å². The minimum atomic E-state index is -2.81. The topological polar surface area (TPSA) is 152 Å². The first-order chi connectivity index (χ1) is 23.3. The number of aromatic nitrogens is 2. The van der Waals surface area contributed by atoms with Crippen molar-refractivity contribution in [1.82, 2.24) is 20.0 Å². The first-order valence-electron chi connectivity index (χ1n) is 17.3. The number of rotatable bonds is 13. The number of alkyl halides is 2. The lowest BCUT2D eigenvalue weighted by atomic mass is 9.83. The van der Waals surface area contributed by atoms with Gasteiger partial charge in [-0.1, -0.05) is 38.2 Å². The number of carbonyl (C=O) groups is 5. The number of hydrogen-bond donors (Lipinski definition) is 3. The number of halogens is 2. The molecule has 5 amide bonds. The highest BCUT2D eigenvalue weighted by molar-refractivity contribution is 6.25. The molecule has 0 spiro atoms. The lowest BCUT2D eigenvalue weighted by molar-refractivity contribution is -0.136. The number of imide groups is 2. The van der Waals surface area contributed by atoms with Crippen LogP contribution in [-0.2, 0) is 14.3 Å². The molecule has 3 aliphatic rings. The summed E-state index contributed by atoms with van der Waals surface area (Å²) in [5.74, 6) is -1.49. The smallest absolute Gasteiger partial charge is 0.412 e. The van der Waals surface area contributed by atoms with Gasteiger partial charge in [-0.3, -0.25) is 39.4 Å². The molecule has 1 aromatic heterocycles. The molecule has 49 heavy (non-hydrogen) atoms. The quantitative estimate of drug-likeness (QED) is 0.155. The van der Waals surface area contributed by atoms with E-state index in [4.69, 9.17) is 4.74 Å². The summed E-state index contributed by atoms with van der Waals surface area (Å²) in [6, 6.07) is 4.08. The van der Waals surface area contributed by atoms with Gasteiger partial charge < -0.3 is 10.1 Å². The zero-order valence-electron chi connectivity index (χ0n) is 28.4. The number of anilines is 2. The van der Waals surface area contributed by atoms with Gasteiger partial charge in [-0.05, 0) is 77.3 Å². The van der Waals surface area contributed by atoms with E-state index in [-0.39, 0.29) is 35.7 Å². The molecule has 3 N–H and O–H groups in total. The summed E-state index contributed by atoms with van der Waals surface area (Å²) in [6.07, 6.45) is 8.07. The molecule has 1 unspecified atom stereocenters. The molecule has 0 bridgehead atoms. The molecule has 0 radical (unpaired) electrons. The average molecular weight is 685 g/mol. The van der Waals surface area contributed by atoms with Crippen molar-refractivity contribution in [1.29, 1.82) is 0 Å². The summed E-state index contributed by atoms with van der Waals surface area (Å²) in [5.41, 5.74) is -0.118. The van der Waals surface area contributed by atoms with Gasteiger partial charge in [-0.15, -0.1) is 0 Å². The third-order valence-corrected chi connectivity index (χ3v) is 9.37. The van der Waals surface area contributed by atoms with E-state index in [1.807, 2.05) is 0 Å². The molecular formula is C35H46F2N6O6. The monoisotopic (exact) mass is 684 g/mol. The predicted octanol–water partition coefficient (Wildman–Crippen LogP) is 6.75. The Labute approximate surface area is 284 Å². The van der Waals surface area contributed by atoms with Gasteiger partial charge in [0.1, 0.15) is 11.6 Å². The SMILES string of the molecule is CC(C)(C)OC(=O)Nc1cn(C2CCC(CCCCCCCNc3cccc4c3C(=O)N(C3CCC(=O)NC3=O)C4=O)CC2)nc1C(F)F. The van der Waals surface area contributed by atoms with Crippen molar-refractivity contribution in [2.75, 3.05) is 17.2 Å². The number of fused-ring (bicyclic) bond motifs is 1.